The van der Waals surface area contributed by atoms with Gasteiger partial charge >= 0.3 is 11.8 Å². The second kappa shape index (κ2) is 15.4. The van der Waals surface area contributed by atoms with Gasteiger partial charge in [-0.25, -0.2) is 4.98 Å². The van der Waals surface area contributed by atoms with Crippen molar-refractivity contribution in [2.24, 2.45) is 5.90 Å². The van der Waals surface area contributed by atoms with E-state index < -0.39 is 29.8 Å². The average molecular weight is 629 g/mol. The maximum absolute atomic E-state index is 13.3. The maximum Gasteiger partial charge on any atom is 0.314 e. The van der Waals surface area contributed by atoms with Crippen molar-refractivity contribution >= 4 is 53.1 Å². The van der Waals surface area contributed by atoms with Gasteiger partial charge in [0.05, 0.1) is 29.1 Å². The number of methoxy groups -OCH3 is 1. The number of nitrogens with zero attached hydrogens (tertiary/aromatic N) is 2. The van der Waals surface area contributed by atoms with Gasteiger partial charge in [-0.1, -0.05) is 41.9 Å². The van der Waals surface area contributed by atoms with Gasteiger partial charge in [-0.05, 0) is 47.9 Å². The van der Waals surface area contributed by atoms with E-state index in [1.165, 1.54) is 25.4 Å². The number of carbonyl (C=O) groups is 4. The summed E-state index contributed by atoms with van der Waals surface area (Å²) in [6.07, 6.45) is 1.63. The molecule has 1 aliphatic rings. The quantitative estimate of drug-likeness (QED) is 0.113. The largest absolute Gasteiger partial charge is 0.375 e. The number of halogens is 1. The summed E-state index contributed by atoms with van der Waals surface area (Å²) in [5.74, 6) is 2.58. The lowest BCUT2D eigenvalue weighted by atomic mass is 9.98. The Morgan fingerprint density at radius 3 is 2.49 bits per heavy atom. The van der Waals surface area contributed by atoms with Crippen LogP contribution in [0.3, 0.4) is 0 Å². The van der Waals surface area contributed by atoms with Crippen molar-refractivity contribution in [1.82, 2.24) is 20.5 Å². The molecule has 0 aliphatic carbocycles. The fourth-order valence-electron chi connectivity index (χ4n) is 4.46. The molecule has 4 amide bonds. The number of anilines is 1. The lowest BCUT2D eigenvalue weighted by molar-refractivity contribution is -0.195. The van der Waals surface area contributed by atoms with E-state index in [2.05, 4.69) is 25.9 Å². The summed E-state index contributed by atoms with van der Waals surface area (Å²) in [4.78, 5) is 61.5. The van der Waals surface area contributed by atoms with Gasteiger partial charge < -0.3 is 25.6 Å². The van der Waals surface area contributed by atoms with Crippen LogP contribution < -0.4 is 21.8 Å². The monoisotopic (exact) mass is 628 g/mol. The number of ether oxygens (including phenoxy) is 1. The molecular weight excluding hydrogens is 600 g/mol. The molecule has 0 spiro atoms. The molecule has 1 saturated heterocycles. The summed E-state index contributed by atoms with van der Waals surface area (Å²) in [7, 11) is 1.41. The van der Waals surface area contributed by atoms with Gasteiger partial charge in [0.2, 0.25) is 5.91 Å². The van der Waals surface area contributed by atoms with E-state index in [1.54, 1.807) is 29.2 Å². The number of pyridine rings is 1. The molecule has 4 rings (SSSR count). The van der Waals surface area contributed by atoms with Gasteiger partial charge in [0.25, 0.3) is 5.91 Å². The summed E-state index contributed by atoms with van der Waals surface area (Å²) in [5, 5.41) is 8.37. The van der Waals surface area contributed by atoms with E-state index in [0.29, 0.717) is 23.6 Å². The van der Waals surface area contributed by atoms with Crippen LogP contribution in [0.15, 0.2) is 71.8 Å². The van der Waals surface area contributed by atoms with Gasteiger partial charge in [0.1, 0.15) is 12.4 Å². The number of amides is 4. The highest BCUT2D eigenvalue weighted by molar-refractivity contribution is 7.94. The Bertz CT molecular complexity index is 1440. The third kappa shape index (κ3) is 8.73. The van der Waals surface area contributed by atoms with Crippen molar-refractivity contribution in [2.75, 3.05) is 32.1 Å². The number of piperidine rings is 1. The van der Waals surface area contributed by atoms with E-state index in [-0.39, 0.29) is 24.9 Å². The Morgan fingerprint density at radius 1 is 1.02 bits per heavy atom. The molecule has 0 radical (unpaired) electrons. The lowest BCUT2D eigenvalue weighted by Crippen LogP contribution is -2.62. The van der Waals surface area contributed by atoms with Crippen molar-refractivity contribution in [3.63, 3.8) is 0 Å². The van der Waals surface area contributed by atoms with Crippen LogP contribution in [-0.4, -0.2) is 72.4 Å². The lowest BCUT2D eigenvalue weighted by Gasteiger charge is -2.39. The average Bonchev–Trinajstić information content (AvgIpc) is 3.02. The molecule has 1 fully saturated rings. The van der Waals surface area contributed by atoms with Crippen LogP contribution in [0.4, 0.5) is 5.82 Å². The Morgan fingerprint density at radius 2 is 1.79 bits per heavy atom. The first-order valence-corrected chi connectivity index (χ1v) is 14.1. The molecule has 0 unspecified atom stereocenters. The predicted molar refractivity (Wildman–Crippen MR) is 158 cm³/mol. The van der Waals surface area contributed by atoms with E-state index in [9.17, 15) is 19.2 Å². The van der Waals surface area contributed by atoms with Crippen molar-refractivity contribution in [2.45, 2.75) is 23.4 Å². The first-order valence-electron chi connectivity index (χ1n) is 13.0. The zero-order valence-electron chi connectivity index (χ0n) is 22.9. The molecule has 0 bridgehead atoms. The van der Waals surface area contributed by atoms with E-state index in [4.69, 9.17) is 26.6 Å². The van der Waals surface area contributed by atoms with Gasteiger partial charge in [-0.3, -0.25) is 19.2 Å². The number of rotatable bonds is 10. The number of carbonyl (C=O) groups excluding carboxylic acids is 4. The van der Waals surface area contributed by atoms with Gasteiger partial charge in [0, 0.05) is 36.9 Å². The van der Waals surface area contributed by atoms with Crippen LogP contribution >= 0.6 is 23.6 Å². The van der Waals surface area contributed by atoms with Crippen LogP contribution in [0.5, 0.6) is 0 Å². The molecule has 5 N–H and O–H groups in total. The van der Waals surface area contributed by atoms with Crippen LogP contribution in [0, 0.1) is 0 Å². The van der Waals surface area contributed by atoms with Gasteiger partial charge in [0.15, 0.2) is 0 Å². The fraction of sp³-hybridized carbons (Fsp3) is 0.250. The number of aromatic nitrogens is 1. The van der Waals surface area contributed by atoms with Crippen LogP contribution in [-0.2, 0) is 28.4 Å². The minimum Gasteiger partial charge on any atom is -0.375 e. The summed E-state index contributed by atoms with van der Waals surface area (Å²) < 4.78 is 9.76. The van der Waals surface area contributed by atoms with Crippen LogP contribution in [0.2, 0.25) is 5.02 Å². The molecular formula is C28H29ClN6O7S. The molecule has 1 aromatic heterocycles. The number of likely N-dealkylation sites (tertiary alicyclic amines) is 1. The van der Waals surface area contributed by atoms with E-state index in [1.807, 2.05) is 24.3 Å². The van der Waals surface area contributed by atoms with Crippen LogP contribution in [0.25, 0.3) is 11.1 Å². The highest BCUT2D eigenvalue weighted by Crippen LogP contribution is 2.32. The number of hydrogen-bond donors (Lipinski definition) is 4. The molecule has 226 valence electrons. The molecule has 2 aromatic carbocycles. The maximum atomic E-state index is 13.3. The summed E-state index contributed by atoms with van der Waals surface area (Å²) in [5.41, 5.74) is 2.01. The Balaban J connectivity index is 1.46. The standard InChI is InChI=1S/C28H29ClN6O7S/c1-40-16-25(36)35-13-12-21(32-27(38)28(39)34-24-11-10-19(29)14-31-24)22(15-35)33-26(37)18-8-6-17(7-9-18)20-4-2-3-5-23(20)43-42-41-30/h2-11,14,21-22H,12-13,15-16,30H2,1H3,(H,32,38)(H,33,37)(H,31,34,39)/t21-,22+/m0/s1. The predicted octanol–water partition coefficient (Wildman–Crippen LogP) is 2.33. The molecule has 2 atom stereocenters. The Kier molecular flexibility index (Phi) is 11.4. The van der Waals surface area contributed by atoms with E-state index >= 15 is 0 Å². The molecule has 13 nitrogen and oxygen atoms in total. The molecule has 2 heterocycles. The second-order valence-electron chi connectivity index (χ2n) is 9.36. The highest BCUT2D eigenvalue weighted by atomic mass is 35.5. The van der Waals surface area contributed by atoms with Crippen LogP contribution in [0.1, 0.15) is 16.8 Å². The first kappa shape index (κ1) is 31.9. The molecule has 1 aliphatic heterocycles. The molecule has 0 saturated carbocycles. The Labute approximate surface area is 256 Å². The third-order valence-electron chi connectivity index (χ3n) is 6.55. The minimum atomic E-state index is -0.935. The van der Waals surface area contributed by atoms with Crippen molar-refractivity contribution in [3.8, 4) is 11.1 Å². The molecule has 43 heavy (non-hydrogen) atoms. The summed E-state index contributed by atoms with van der Waals surface area (Å²) in [6.45, 7) is 0.272. The first-order chi connectivity index (χ1) is 20.8. The van der Waals surface area contributed by atoms with Crippen molar-refractivity contribution in [3.05, 3.63) is 77.4 Å². The number of hydrogen-bond acceptors (Lipinski definition) is 10. The fourth-order valence-corrected chi connectivity index (χ4v) is 5.09. The molecule has 15 heteroatoms. The zero-order valence-corrected chi connectivity index (χ0v) is 24.5. The third-order valence-corrected chi connectivity index (χ3v) is 7.46. The van der Waals surface area contributed by atoms with E-state index in [0.717, 1.165) is 28.1 Å². The SMILES string of the molecule is COCC(=O)N1CC[C@H](NC(=O)C(=O)Nc2ccc(Cl)cn2)[C@H](NC(=O)c2ccc(-c3ccccc3SOON)cc2)C1. The number of benzene rings is 2. The number of nitrogens with two attached hydrogens (primary N) is 1. The molecule has 3 aromatic rings. The second-order valence-corrected chi connectivity index (χ2v) is 10.5. The van der Waals surface area contributed by atoms with Crippen molar-refractivity contribution in [1.29, 1.82) is 0 Å². The van der Waals surface area contributed by atoms with Gasteiger partial charge in [-0.2, -0.15) is 5.90 Å². The van der Waals surface area contributed by atoms with Gasteiger partial charge in [-0.15, -0.1) is 9.32 Å². The minimum absolute atomic E-state index is 0.102. The summed E-state index contributed by atoms with van der Waals surface area (Å²) in [6, 6.07) is 15.9. The number of nitrogens with one attached hydrogen (secondary N) is 3. The normalized spacial score (nSPS) is 16.3. The Hall–Kier alpha value is -4.05. The van der Waals surface area contributed by atoms with Crippen molar-refractivity contribution < 1.29 is 33.2 Å². The topological polar surface area (TPSA) is 174 Å². The zero-order chi connectivity index (χ0) is 30.8. The summed E-state index contributed by atoms with van der Waals surface area (Å²) >= 11 is 6.77. The highest BCUT2D eigenvalue weighted by Gasteiger charge is 2.34. The smallest absolute Gasteiger partial charge is 0.314 e.